The third-order valence-electron chi connectivity index (χ3n) is 3.83. The van der Waals surface area contributed by atoms with Crippen molar-refractivity contribution in [3.8, 4) is 0 Å². The van der Waals surface area contributed by atoms with E-state index in [1.165, 1.54) is 11.3 Å². The van der Waals surface area contributed by atoms with Gasteiger partial charge in [0.15, 0.2) is 0 Å². The summed E-state index contributed by atoms with van der Waals surface area (Å²) in [6.07, 6.45) is 1.31. The van der Waals surface area contributed by atoms with Crippen molar-refractivity contribution < 1.29 is 9.90 Å². The Morgan fingerprint density at radius 3 is 2.57 bits per heavy atom. The molecule has 2 N–H and O–H groups in total. The van der Waals surface area contributed by atoms with Gasteiger partial charge in [-0.1, -0.05) is 43.1 Å². The zero-order valence-corrected chi connectivity index (χ0v) is 14.2. The number of fused-ring (bicyclic) bond motifs is 1. The van der Waals surface area contributed by atoms with E-state index in [9.17, 15) is 9.90 Å². The number of carbonyl (C=O) groups is 1. The summed E-state index contributed by atoms with van der Waals surface area (Å²) >= 11 is 13.6. The Hall–Kier alpha value is -0.810. The van der Waals surface area contributed by atoms with Crippen molar-refractivity contribution in [2.24, 2.45) is 0 Å². The highest BCUT2D eigenvalue weighted by molar-refractivity contribution is 7.21. The van der Waals surface area contributed by atoms with Gasteiger partial charge in [0.05, 0.1) is 17.2 Å². The first-order chi connectivity index (χ1) is 9.96. The number of carbonyl (C=O) groups excluding carboxylic acids is 1. The van der Waals surface area contributed by atoms with Crippen LogP contribution in [-0.4, -0.2) is 23.2 Å². The molecule has 2 aromatic rings. The second kappa shape index (κ2) is 6.53. The molecule has 0 radical (unpaired) electrons. The average molecular weight is 346 g/mol. The van der Waals surface area contributed by atoms with Gasteiger partial charge in [0.2, 0.25) is 0 Å². The van der Waals surface area contributed by atoms with Crippen molar-refractivity contribution in [1.29, 1.82) is 0 Å². The van der Waals surface area contributed by atoms with Gasteiger partial charge >= 0.3 is 0 Å². The van der Waals surface area contributed by atoms with Crippen molar-refractivity contribution >= 4 is 50.5 Å². The lowest BCUT2D eigenvalue weighted by atomic mass is 9.94. The minimum Gasteiger partial charge on any atom is -0.394 e. The van der Waals surface area contributed by atoms with Crippen molar-refractivity contribution in [2.75, 3.05) is 6.61 Å². The van der Waals surface area contributed by atoms with E-state index >= 15 is 0 Å². The van der Waals surface area contributed by atoms with Gasteiger partial charge in [0.25, 0.3) is 5.91 Å². The molecule has 1 aromatic heterocycles. The van der Waals surface area contributed by atoms with Crippen LogP contribution in [0, 0.1) is 0 Å². The zero-order chi connectivity index (χ0) is 15.6. The van der Waals surface area contributed by atoms with Crippen LogP contribution in [-0.2, 0) is 0 Å². The summed E-state index contributed by atoms with van der Waals surface area (Å²) in [6.45, 7) is 3.78. The third-order valence-corrected chi connectivity index (χ3v) is 5.72. The van der Waals surface area contributed by atoms with Crippen LogP contribution in [0.5, 0.6) is 0 Å². The number of amides is 1. The van der Waals surface area contributed by atoms with Crippen molar-refractivity contribution in [2.45, 2.75) is 32.2 Å². The van der Waals surface area contributed by atoms with Crippen LogP contribution < -0.4 is 5.32 Å². The molecule has 0 aliphatic carbocycles. The van der Waals surface area contributed by atoms with E-state index < -0.39 is 5.54 Å². The Kier molecular flexibility index (Phi) is 5.15. The maximum absolute atomic E-state index is 12.5. The van der Waals surface area contributed by atoms with Gasteiger partial charge in [-0.2, -0.15) is 0 Å². The average Bonchev–Trinajstić information content (AvgIpc) is 2.81. The quantitative estimate of drug-likeness (QED) is 0.838. The Balaban J connectivity index is 2.37. The fourth-order valence-electron chi connectivity index (χ4n) is 2.17. The number of aliphatic hydroxyl groups excluding tert-OH is 1. The first-order valence-corrected chi connectivity index (χ1v) is 8.34. The number of halogens is 2. The summed E-state index contributed by atoms with van der Waals surface area (Å²) < 4.78 is 0.875. The predicted octanol–water partition coefficient (Wildman–Crippen LogP) is 4.49. The Morgan fingerprint density at radius 2 is 2.00 bits per heavy atom. The van der Waals surface area contributed by atoms with E-state index in [1.807, 2.05) is 19.9 Å². The number of benzene rings is 1. The molecule has 0 aliphatic heterocycles. The molecule has 0 aliphatic rings. The summed E-state index contributed by atoms with van der Waals surface area (Å²) in [5.74, 6) is -0.255. The molecule has 0 fully saturated rings. The molecule has 0 atom stereocenters. The van der Waals surface area contributed by atoms with E-state index in [-0.39, 0.29) is 12.5 Å². The van der Waals surface area contributed by atoms with E-state index in [0.717, 1.165) is 10.1 Å². The van der Waals surface area contributed by atoms with Crippen LogP contribution in [0.4, 0.5) is 0 Å². The summed E-state index contributed by atoms with van der Waals surface area (Å²) in [7, 11) is 0. The Bertz CT molecular complexity index is 657. The highest BCUT2D eigenvalue weighted by atomic mass is 35.5. The van der Waals surface area contributed by atoms with Gasteiger partial charge < -0.3 is 10.4 Å². The van der Waals surface area contributed by atoms with E-state index in [4.69, 9.17) is 23.2 Å². The van der Waals surface area contributed by atoms with E-state index in [2.05, 4.69) is 5.32 Å². The first kappa shape index (κ1) is 16.6. The topological polar surface area (TPSA) is 49.3 Å². The Labute approximate surface area is 137 Å². The van der Waals surface area contributed by atoms with E-state index in [0.29, 0.717) is 27.8 Å². The molecule has 0 saturated heterocycles. The smallest absolute Gasteiger partial charge is 0.263 e. The van der Waals surface area contributed by atoms with Gasteiger partial charge in [-0.25, -0.2) is 0 Å². The van der Waals surface area contributed by atoms with Crippen LogP contribution in [0.3, 0.4) is 0 Å². The second-order valence-corrected chi connectivity index (χ2v) is 6.85. The summed E-state index contributed by atoms with van der Waals surface area (Å²) in [5.41, 5.74) is -0.603. The second-order valence-electron chi connectivity index (χ2n) is 4.99. The number of aliphatic hydroxyl groups is 1. The van der Waals surface area contributed by atoms with Gasteiger partial charge in [-0.15, -0.1) is 11.3 Å². The molecule has 0 bridgehead atoms. The normalized spacial score (nSPS) is 11.9. The lowest BCUT2D eigenvalue weighted by Crippen LogP contribution is -2.50. The maximum atomic E-state index is 12.5. The predicted molar refractivity (Wildman–Crippen MR) is 89.7 cm³/mol. The molecule has 2 rings (SSSR count). The molecule has 1 aromatic carbocycles. The molecule has 1 heterocycles. The number of nitrogens with one attached hydrogen (secondary N) is 1. The van der Waals surface area contributed by atoms with Gasteiger partial charge in [-0.05, 0) is 25.0 Å². The third kappa shape index (κ3) is 3.19. The monoisotopic (exact) mass is 345 g/mol. The van der Waals surface area contributed by atoms with Crippen molar-refractivity contribution in [3.05, 3.63) is 33.1 Å². The number of rotatable bonds is 5. The van der Waals surface area contributed by atoms with Crippen molar-refractivity contribution in [1.82, 2.24) is 5.32 Å². The van der Waals surface area contributed by atoms with Gasteiger partial charge in [-0.3, -0.25) is 4.79 Å². The number of thiophene rings is 1. The lowest BCUT2D eigenvalue weighted by molar-refractivity contribution is 0.0822. The number of hydrogen-bond donors (Lipinski definition) is 2. The molecule has 3 nitrogen and oxygen atoms in total. The highest BCUT2D eigenvalue weighted by Crippen LogP contribution is 2.37. The van der Waals surface area contributed by atoms with Crippen LogP contribution in [0.1, 0.15) is 36.4 Å². The lowest BCUT2D eigenvalue weighted by Gasteiger charge is -2.30. The molecule has 1 amide bonds. The molecule has 0 spiro atoms. The standard InChI is InChI=1S/C15H17Cl2NO2S/c1-3-15(4-2,8-19)18-14(20)13-12(17)10-6-5-9(16)7-11(10)21-13/h5-7,19H,3-4,8H2,1-2H3,(H,18,20). The molecule has 0 saturated carbocycles. The molecule has 21 heavy (non-hydrogen) atoms. The van der Waals surface area contributed by atoms with Gasteiger partial charge in [0.1, 0.15) is 4.88 Å². The molecular weight excluding hydrogens is 329 g/mol. The Morgan fingerprint density at radius 1 is 1.33 bits per heavy atom. The summed E-state index contributed by atoms with van der Waals surface area (Å²) in [6, 6.07) is 5.36. The largest absolute Gasteiger partial charge is 0.394 e. The van der Waals surface area contributed by atoms with Crippen LogP contribution in [0.2, 0.25) is 10.0 Å². The van der Waals surface area contributed by atoms with Crippen LogP contribution in [0.25, 0.3) is 10.1 Å². The van der Waals surface area contributed by atoms with Gasteiger partial charge in [0, 0.05) is 15.1 Å². The van der Waals surface area contributed by atoms with E-state index in [1.54, 1.807) is 12.1 Å². The zero-order valence-electron chi connectivity index (χ0n) is 11.9. The summed E-state index contributed by atoms with van der Waals surface area (Å²) in [5, 5.41) is 14.3. The fraction of sp³-hybridized carbons (Fsp3) is 0.400. The minimum atomic E-state index is -0.603. The fourth-order valence-corrected chi connectivity index (χ4v) is 3.86. The molecule has 0 unspecified atom stereocenters. The molecular formula is C15H17Cl2NO2S. The first-order valence-electron chi connectivity index (χ1n) is 6.77. The molecule has 6 heteroatoms. The molecule has 114 valence electrons. The minimum absolute atomic E-state index is 0.0971. The SMILES string of the molecule is CCC(CC)(CO)NC(=O)c1sc2cc(Cl)ccc2c1Cl. The maximum Gasteiger partial charge on any atom is 0.263 e. The summed E-state index contributed by atoms with van der Waals surface area (Å²) in [4.78, 5) is 12.9. The highest BCUT2D eigenvalue weighted by Gasteiger charge is 2.29. The van der Waals surface area contributed by atoms with Crippen LogP contribution in [0.15, 0.2) is 18.2 Å². The van der Waals surface area contributed by atoms with Crippen LogP contribution >= 0.6 is 34.5 Å². The number of hydrogen-bond acceptors (Lipinski definition) is 3. The van der Waals surface area contributed by atoms with Crippen molar-refractivity contribution in [3.63, 3.8) is 0 Å².